The van der Waals surface area contributed by atoms with E-state index in [1.54, 1.807) is 24.3 Å². The summed E-state index contributed by atoms with van der Waals surface area (Å²) in [5.74, 6) is -0.836. The number of nitrogens with one attached hydrogen (secondary N) is 1. The standard InChI is InChI=1S/C12H13Br2NO4/c1-2-19-8-5-3-7(4-6-8)15-11(16)9(13)10(14)12(17)18/h3-6,9-10H,2H2,1H3,(H,15,16)(H,17,18)/t9-,10-/m1/s1. The summed E-state index contributed by atoms with van der Waals surface area (Å²) in [6.45, 7) is 2.45. The van der Waals surface area contributed by atoms with Crippen molar-refractivity contribution in [3.63, 3.8) is 0 Å². The lowest BCUT2D eigenvalue weighted by Gasteiger charge is -2.13. The zero-order valence-electron chi connectivity index (χ0n) is 10.1. The molecule has 19 heavy (non-hydrogen) atoms. The van der Waals surface area contributed by atoms with Gasteiger partial charge in [-0.15, -0.1) is 0 Å². The Hall–Kier alpha value is -1.08. The van der Waals surface area contributed by atoms with Crippen molar-refractivity contribution in [2.24, 2.45) is 0 Å². The maximum absolute atomic E-state index is 11.8. The lowest BCUT2D eigenvalue weighted by Crippen LogP contribution is -2.34. The van der Waals surface area contributed by atoms with Gasteiger partial charge in [0.15, 0.2) is 0 Å². The fourth-order valence-electron chi connectivity index (χ4n) is 1.27. The normalized spacial score (nSPS) is 13.4. The van der Waals surface area contributed by atoms with Gasteiger partial charge >= 0.3 is 5.97 Å². The van der Waals surface area contributed by atoms with Gasteiger partial charge in [-0.3, -0.25) is 9.59 Å². The number of halogens is 2. The number of carbonyl (C=O) groups excluding carboxylic acids is 1. The van der Waals surface area contributed by atoms with Crippen LogP contribution in [0.25, 0.3) is 0 Å². The third-order valence-electron chi connectivity index (χ3n) is 2.18. The largest absolute Gasteiger partial charge is 0.494 e. The Morgan fingerprint density at radius 3 is 2.32 bits per heavy atom. The van der Waals surface area contributed by atoms with Crippen LogP contribution in [0.1, 0.15) is 6.92 Å². The van der Waals surface area contributed by atoms with Gasteiger partial charge in [0.25, 0.3) is 0 Å². The highest BCUT2D eigenvalue weighted by molar-refractivity contribution is 9.12. The predicted molar refractivity (Wildman–Crippen MR) is 79.3 cm³/mol. The van der Waals surface area contributed by atoms with Crippen LogP contribution in [-0.4, -0.2) is 33.2 Å². The van der Waals surface area contributed by atoms with Crippen molar-refractivity contribution < 1.29 is 19.4 Å². The molecule has 0 saturated carbocycles. The minimum absolute atomic E-state index is 0.437. The molecule has 2 atom stereocenters. The summed E-state index contributed by atoms with van der Waals surface area (Å²) in [5.41, 5.74) is 0.572. The zero-order chi connectivity index (χ0) is 14.4. The van der Waals surface area contributed by atoms with Crippen molar-refractivity contribution in [2.75, 3.05) is 11.9 Å². The molecule has 0 saturated heterocycles. The number of anilines is 1. The van der Waals surface area contributed by atoms with E-state index < -0.39 is 21.5 Å². The summed E-state index contributed by atoms with van der Waals surface area (Å²) >= 11 is 5.97. The second kappa shape index (κ2) is 7.49. The highest BCUT2D eigenvalue weighted by Gasteiger charge is 2.29. The van der Waals surface area contributed by atoms with E-state index in [2.05, 4.69) is 37.2 Å². The van der Waals surface area contributed by atoms with Gasteiger partial charge in [0.05, 0.1) is 6.61 Å². The Morgan fingerprint density at radius 1 is 1.26 bits per heavy atom. The van der Waals surface area contributed by atoms with Crippen LogP contribution >= 0.6 is 31.9 Å². The Morgan fingerprint density at radius 2 is 1.84 bits per heavy atom. The smallest absolute Gasteiger partial charge is 0.318 e. The average Bonchev–Trinajstić information content (AvgIpc) is 2.39. The van der Waals surface area contributed by atoms with Crippen LogP contribution in [-0.2, 0) is 9.59 Å². The van der Waals surface area contributed by atoms with Crippen molar-refractivity contribution in [3.8, 4) is 5.75 Å². The van der Waals surface area contributed by atoms with E-state index in [4.69, 9.17) is 9.84 Å². The number of aliphatic carboxylic acids is 1. The molecule has 0 spiro atoms. The van der Waals surface area contributed by atoms with Crippen LogP contribution in [0.3, 0.4) is 0 Å². The molecule has 1 aromatic carbocycles. The quantitative estimate of drug-likeness (QED) is 0.727. The molecule has 0 fully saturated rings. The first kappa shape index (κ1) is 16.0. The molecule has 1 amide bonds. The van der Waals surface area contributed by atoms with E-state index in [9.17, 15) is 9.59 Å². The van der Waals surface area contributed by atoms with Crippen LogP contribution in [0.2, 0.25) is 0 Å². The second-order valence-corrected chi connectivity index (χ2v) is 5.56. The van der Waals surface area contributed by atoms with Gasteiger partial charge in [-0.25, -0.2) is 0 Å². The summed E-state index contributed by atoms with van der Waals surface area (Å²) in [4.78, 5) is 20.7. The monoisotopic (exact) mass is 393 g/mol. The molecule has 0 aliphatic rings. The molecule has 1 aromatic rings. The van der Waals surface area contributed by atoms with Crippen LogP contribution in [0, 0.1) is 0 Å². The van der Waals surface area contributed by atoms with Gasteiger partial charge in [-0.1, -0.05) is 31.9 Å². The zero-order valence-corrected chi connectivity index (χ0v) is 13.3. The topological polar surface area (TPSA) is 75.6 Å². The van der Waals surface area contributed by atoms with Gasteiger partial charge in [-0.2, -0.15) is 0 Å². The third kappa shape index (κ3) is 4.83. The first-order chi connectivity index (χ1) is 8.95. The average molecular weight is 395 g/mol. The Balaban J connectivity index is 2.63. The Bertz CT molecular complexity index is 450. The molecule has 0 unspecified atom stereocenters. The van der Waals surface area contributed by atoms with Gasteiger partial charge in [-0.05, 0) is 31.2 Å². The SMILES string of the molecule is CCOc1ccc(NC(=O)[C@H](Br)[C@@H](Br)C(=O)O)cc1. The number of rotatable bonds is 6. The van der Waals surface area contributed by atoms with Crippen LogP contribution < -0.4 is 10.1 Å². The minimum Gasteiger partial charge on any atom is -0.494 e. The highest BCUT2D eigenvalue weighted by Crippen LogP contribution is 2.19. The van der Waals surface area contributed by atoms with Gasteiger partial charge < -0.3 is 15.2 Å². The van der Waals surface area contributed by atoms with Crippen molar-refractivity contribution in [3.05, 3.63) is 24.3 Å². The molecular formula is C12H13Br2NO4. The molecule has 2 N–H and O–H groups in total. The lowest BCUT2D eigenvalue weighted by atomic mass is 10.2. The molecular weight excluding hydrogens is 382 g/mol. The third-order valence-corrected chi connectivity index (χ3v) is 4.75. The van der Waals surface area contributed by atoms with Crippen molar-refractivity contribution >= 4 is 49.4 Å². The van der Waals surface area contributed by atoms with E-state index in [0.717, 1.165) is 0 Å². The van der Waals surface area contributed by atoms with Crippen LogP contribution in [0.15, 0.2) is 24.3 Å². The maximum atomic E-state index is 11.8. The fourth-order valence-corrected chi connectivity index (χ4v) is 1.85. The first-order valence-electron chi connectivity index (χ1n) is 5.50. The Kier molecular flexibility index (Phi) is 6.30. The van der Waals surface area contributed by atoms with E-state index in [-0.39, 0.29) is 0 Å². The maximum Gasteiger partial charge on any atom is 0.318 e. The summed E-state index contributed by atoms with van der Waals surface area (Å²) in [5, 5.41) is 11.4. The molecule has 5 nitrogen and oxygen atoms in total. The van der Waals surface area contributed by atoms with E-state index >= 15 is 0 Å². The number of hydrogen-bond donors (Lipinski definition) is 2. The number of carboxylic acid groups (broad SMARTS) is 1. The Labute approximate surface area is 127 Å². The highest BCUT2D eigenvalue weighted by atomic mass is 79.9. The molecule has 1 rings (SSSR count). The fraction of sp³-hybridized carbons (Fsp3) is 0.333. The molecule has 0 heterocycles. The molecule has 0 aliphatic carbocycles. The predicted octanol–water partition coefficient (Wildman–Crippen LogP) is 2.64. The van der Waals surface area contributed by atoms with Crippen molar-refractivity contribution in [1.29, 1.82) is 0 Å². The minimum atomic E-state index is -1.11. The number of hydrogen-bond acceptors (Lipinski definition) is 3. The summed E-state index contributed by atoms with van der Waals surface area (Å²) in [6, 6.07) is 6.83. The number of amides is 1. The molecule has 0 bridgehead atoms. The van der Waals surface area contributed by atoms with E-state index in [1.807, 2.05) is 6.92 Å². The van der Waals surface area contributed by atoms with Crippen molar-refractivity contribution in [1.82, 2.24) is 0 Å². The molecule has 0 radical (unpaired) electrons. The summed E-state index contributed by atoms with van der Waals surface area (Å²) < 4.78 is 5.28. The van der Waals surface area contributed by atoms with Gasteiger partial charge in [0, 0.05) is 5.69 Å². The van der Waals surface area contributed by atoms with Gasteiger partial charge in [0.1, 0.15) is 15.4 Å². The molecule has 0 aliphatic heterocycles. The number of carboxylic acids is 1. The lowest BCUT2D eigenvalue weighted by molar-refractivity contribution is -0.137. The van der Waals surface area contributed by atoms with Crippen molar-refractivity contribution in [2.45, 2.75) is 16.6 Å². The number of carbonyl (C=O) groups is 2. The number of benzene rings is 1. The van der Waals surface area contributed by atoms with Crippen LogP contribution in [0.5, 0.6) is 5.75 Å². The number of alkyl halides is 2. The number of ether oxygens (including phenoxy) is 1. The summed E-state index contributed by atoms with van der Waals surface area (Å²) in [6.07, 6.45) is 0. The first-order valence-corrected chi connectivity index (χ1v) is 7.33. The molecule has 0 aromatic heterocycles. The summed E-state index contributed by atoms with van der Waals surface area (Å²) in [7, 11) is 0. The molecule has 7 heteroatoms. The van der Waals surface area contributed by atoms with E-state index in [1.165, 1.54) is 0 Å². The molecule has 104 valence electrons. The van der Waals surface area contributed by atoms with E-state index in [0.29, 0.717) is 18.0 Å². The second-order valence-electron chi connectivity index (χ2n) is 3.59. The van der Waals surface area contributed by atoms with Gasteiger partial charge in [0.2, 0.25) is 5.91 Å². The van der Waals surface area contributed by atoms with Crippen LogP contribution in [0.4, 0.5) is 5.69 Å².